The number of hydrogen-bond acceptors (Lipinski definition) is 3. The Morgan fingerprint density at radius 1 is 1.47 bits per heavy atom. The smallest absolute Gasteiger partial charge is 0.227 e. The molecular weight excluding hydrogens is 308 g/mol. The molecule has 2 N–H and O–H groups in total. The first kappa shape index (κ1) is 14.5. The van der Waals surface area contributed by atoms with Gasteiger partial charge in [0.05, 0.1) is 25.2 Å². The Morgan fingerprint density at radius 2 is 2.26 bits per heavy atom. The van der Waals surface area contributed by atoms with Crippen molar-refractivity contribution in [3.63, 3.8) is 0 Å². The highest BCUT2D eigenvalue weighted by Crippen LogP contribution is 2.20. The van der Waals surface area contributed by atoms with Crippen LogP contribution in [0.2, 0.25) is 0 Å². The molecule has 19 heavy (non-hydrogen) atoms. The molecular formula is C14H19BrN2O2. The van der Waals surface area contributed by atoms with E-state index >= 15 is 0 Å². The van der Waals surface area contributed by atoms with E-state index in [1.807, 2.05) is 38.2 Å². The zero-order valence-electron chi connectivity index (χ0n) is 11.2. The average Bonchev–Trinajstić information content (AvgIpc) is 2.87. The molecule has 1 fully saturated rings. The third kappa shape index (κ3) is 3.55. The summed E-state index contributed by atoms with van der Waals surface area (Å²) in [4.78, 5) is 12.2. The summed E-state index contributed by atoms with van der Waals surface area (Å²) in [7, 11) is 1.86. The monoisotopic (exact) mass is 326 g/mol. The molecule has 1 aromatic carbocycles. The summed E-state index contributed by atoms with van der Waals surface area (Å²) in [6.45, 7) is 3.08. The summed E-state index contributed by atoms with van der Waals surface area (Å²) in [5, 5.41) is 6.17. The third-order valence-electron chi connectivity index (χ3n) is 3.50. The zero-order valence-corrected chi connectivity index (χ0v) is 12.7. The maximum Gasteiger partial charge on any atom is 0.227 e. The van der Waals surface area contributed by atoms with Crippen LogP contribution in [0.5, 0.6) is 0 Å². The normalized spacial score (nSPS) is 24.2. The predicted octanol–water partition coefficient (Wildman–Crippen LogP) is 1.86. The van der Waals surface area contributed by atoms with Crippen molar-refractivity contribution in [2.75, 3.05) is 20.3 Å². The molecule has 1 aliphatic rings. The maximum absolute atomic E-state index is 12.2. The van der Waals surface area contributed by atoms with Gasteiger partial charge < -0.3 is 15.4 Å². The van der Waals surface area contributed by atoms with Gasteiger partial charge in [-0.05, 0) is 31.7 Å². The second-order valence-corrected chi connectivity index (χ2v) is 5.74. The molecule has 2 rings (SSSR count). The van der Waals surface area contributed by atoms with Crippen LogP contribution in [0, 0.1) is 5.92 Å². The van der Waals surface area contributed by atoms with Crippen LogP contribution in [-0.4, -0.2) is 32.2 Å². The Kier molecular flexibility index (Phi) is 4.96. The van der Waals surface area contributed by atoms with Crippen molar-refractivity contribution >= 4 is 21.8 Å². The fourth-order valence-electron chi connectivity index (χ4n) is 2.28. The van der Waals surface area contributed by atoms with E-state index in [0.717, 1.165) is 10.0 Å². The van der Waals surface area contributed by atoms with Crippen LogP contribution in [0.4, 0.5) is 0 Å². The van der Waals surface area contributed by atoms with E-state index in [1.165, 1.54) is 0 Å². The highest BCUT2D eigenvalue weighted by Gasteiger charge is 2.33. The topological polar surface area (TPSA) is 50.4 Å². The van der Waals surface area contributed by atoms with Gasteiger partial charge in [0.15, 0.2) is 0 Å². The van der Waals surface area contributed by atoms with Crippen LogP contribution in [-0.2, 0) is 9.53 Å². The van der Waals surface area contributed by atoms with Crippen LogP contribution in [0.15, 0.2) is 28.7 Å². The number of amides is 1. The van der Waals surface area contributed by atoms with Gasteiger partial charge >= 0.3 is 0 Å². The van der Waals surface area contributed by atoms with Crippen LogP contribution in [0.3, 0.4) is 0 Å². The van der Waals surface area contributed by atoms with Crippen LogP contribution >= 0.6 is 15.9 Å². The van der Waals surface area contributed by atoms with E-state index in [0.29, 0.717) is 13.2 Å². The minimum atomic E-state index is -0.111. The van der Waals surface area contributed by atoms with E-state index in [9.17, 15) is 4.79 Å². The lowest BCUT2D eigenvalue weighted by molar-refractivity contribution is -0.126. The van der Waals surface area contributed by atoms with Crippen molar-refractivity contribution in [2.24, 2.45) is 5.92 Å². The molecule has 0 bridgehead atoms. The number of ether oxygens (including phenoxy) is 1. The van der Waals surface area contributed by atoms with E-state index in [1.54, 1.807) is 0 Å². The molecule has 0 spiro atoms. The lowest BCUT2D eigenvalue weighted by atomic mass is 10.0. The first-order chi connectivity index (χ1) is 9.11. The standard InChI is InChI=1S/C14H19BrN2O2/c1-9(10-4-3-5-11(15)6-10)17-14(18)12-7-19-8-13(12)16-2/h3-6,9,12-13,16H,7-8H2,1-2H3,(H,17,18). The summed E-state index contributed by atoms with van der Waals surface area (Å²) in [6, 6.07) is 8.07. The number of nitrogens with one attached hydrogen (secondary N) is 2. The zero-order chi connectivity index (χ0) is 13.8. The Bertz CT molecular complexity index is 453. The SMILES string of the molecule is CNC1COCC1C(=O)NC(C)c1cccc(Br)c1. The van der Waals surface area contributed by atoms with Gasteiger partial charge in [-0.2, -0.15) is 0 Å². The number of rotatable bonds is 4. The molecule has 104 valence electrons. The summed E-state index contributed by atoms with van der Waals surface area (Å²) < 4.78 is 6.37. The number of likely N-dealkylation sites (N-methyl/N-ethyl adjacent to an activating group) is 1. The molecule has 1 saturated heterocycles. The van der Waals surface area contributed by atoms with Crippen molar-refractivity contribution in [1.29, 1.82) is 0 Å². The molecule has 4 nitrogen and oxygen atoms in total. The van der Waals surface area contributed by atoms with E-state index in [2.05, 4.69) is 26.6 Å². The van der Waals surface area contributed by atoms with Crippen molar-refractivity contribution in [3.05, 3.63) is 34.3 Å². The number of carbonyl (C=O) groups excluding carboxylic acids is 1. The van der Waals surface area contributed by atoms with Crippen LogP contribution < -0.4 is 10.6 Å². The van der Waals surface area contributed by atoms with Gasteiger partial charge in [0, 0.05) is 10.5 Å². The molecule has 0 radical (unpaired) electrons. The molecule has 0 aromatic heterocycles. The van der Waals surface area contributed by atoms with E-state index in [4.69, 9.17) is 4.74 Å². The predicted molar refractivity (Wildman–Crippen MR) is 77.9 cm³/mol. The van der Waals surface area contributed by atoms with Crippen molar-refractivity contribution < 1.29 is 9.53 Å². The minimum absolute atomic E-state index is 0.0110. The molecule has 5 heteroatoms. The lowest BCUT2D eigenvalue weighted by Crippen LogP contribution is -2.43. The molecule has 1 amide bonds. The summed E-state index contributed by atoms with van der Waals surface area (Å²) >= 11 is 3.44. The number of halogens is 1. The number of hydrogen-bond donors (Lipinski definition) is 2. The van der Waals surface area contributed by atoms with E-state index in [-0.39, 0.29) is 23.9 Å². The van der Waals surface area contributed by atoms with Crippen LogP contribution in [0.25, 0.3) is 0 Å². The fraction of sp³-hybridized carbons (Fsp3) is 0.500. The average molecular weight is 327 g/mol. The van der Waals surface area contributed by atoms with Gasteiger partial charge in [-0.25, -0.2) is 0 Å². The summed E-state index contributed by atoms with van der Waals surface area (Å²) in [5.41, 5.74) is 1.09. The highest BCUT2D eigenvalue weighted by molar-refractivity contribution is 9.10. The second kappa shape index (κ2) is 6.50. The number of carbonyl (C=O) groups is 1. The molecule has 0 aliphatic carbocycles. The molecule has 3 unspecified atom stereocenters. The van der Waals surface area contributed by atoms with Crippen LogP contribution in [0.1, 0.15) is 18.5 Å². The Balaban J connectivity index is 1.98. The van der Waals surface area contributed by atoms with Gasteiger partial charge in [0.25, 0.3) is 0 Å². The van der Waals surface area contributed by atoms with Crippen molar-refractivity contribution in [3.8, 4) is 0 Å². The third-order valence-corrected chi connectivity index (χ3v) is 3.99. The second-order valence-electron chi connectivity index (χ2n) is 4.82. The molecule has 1 aliphatic heterocycles. The summed E-state index contributed by atoms with van der Waals surface area (Å²) in [5.74, 6) is -0.0658. The molecule has 0 saturated carbocycles. The highest BCUT2D eigenvalue weighted by atomic mass is 79.9. The Labute approximate surface area is 122 Å². The molecule has 3 atom stereocenters. The molecule has 1 heterocycles. The van der Waals surface area contributed by atoms with Crippen molar-refractivity contribution in [2.45, 2.75) is 19.0 Å². The first-order valence-electron chi connectivity index (χ1n) is 6.42. The summed E-state index contributed by atoms with van der Waals surface area (Å²) in [6.07, 6.45) is 0. The first-order valence-corrected chi connectivity index (χ1v) is 7.22. The van der Waals surface area contributed by atoms with Gasteiger partial charge in [0.1, 0.15) is 0 Å². The molecule has 1 aromatic rings. The Morgan fingerprint density at radius 3 is 2.95 bits per heavy atom. The van der Waals surface area contributed by atoms with Gasteiger partial charge in [-0.1, -0.05) is 28.1 Å². The largest absolute Gasteiger partial charge is 0.379 e. The van der Waals surface area contributed by atoms with Gasteiger partial charge in [-0.15, -0.1) is 0 Å². The lowest BCUT2D eigenvalue weighted by Gasteiger charge is -2.20. The maximum atomic E-state index is 12.2. The number of benzene rings is 1. The minimum Gasteiger partial charge on any atom is -0.379 e. The van der Waals surface area contributed by atoms with Crippen molar-refractivity contribution in [1.82, 2.24) is 10.6 Å². The quantitative estimate of drug-likeness (QED) is 0.888. The fourth-order valence-corrected chi connectivity index (χ4v) is 2.69. The van der Waals surface area contributed by atoms with Gasteiger partial charge in [-0.3, -0.25) is 4.79 Å². The van der Waals surface area contributed by atoms with Gasteiger partial charge in [0.2, 0.25) is 5.91 Å². The van der Waals surface area contributed by atoms with E-state index < -0.39 is 0 Å². The Hall–Kier alpha value is -0.910.